The van der Waals surface area contributed by atoms with Crippen molar-refractivity contribution in [3.8, 4) is 5.75 Å². The second-order valence-electron chi connectivity index (χ2n) is 6.60. The van der Waals surface area contributed by atoms with E-state index in [4.69, 9.17) is 4.74 Å². The van der Waals surface area contributed by atoms with Gasteiger partial charge in [-0.1, -0.05) is 25.0 Å². The maximum absolute atomic E-state index is 13.1. The number of benzene rings is 1. The Morgan fingerprint density at radius 1 is 1.16 bits per heavy atom. The number of nitrogens with zero attached hydrogens (tertiary/aromatic N) is 3. The van der Waals surface area contributed by atoms with Gasteiger partial charge in [0.15, 0.2) is 0 Å². The lowest BCUT2D eigenvalue weighted by molar-refractivity contribution is -0.131. The number of methoxy groups -OCH3 is 1. The third-order valence-corrected chi connectivity index (χ3v) is 4.97. The molecule has 6 nitrogen and oxygen atoms in total. The monoisotopic (exact) mass is 343 g/mol. The van der Waals surface area contributed by atoms with E-state index in [0.717, 1.165) is 43.5 Å². The van der Waals surface area contributed by atoms with Crippen LogP contribution in [0.15, 0.2) is 29.4 Å². The molecule has 1 unspecified atom stereocenters. The fourth-order valence-electron chi connectivity index (χ4n) is 3.51. The van der Waals surface area contributed by atoms with Crippen molar-refractivity contribution in [3.05, 3.63) is 29.8 Å². The van der Waals surface area contributed by atoms with Crippen molar-refractivity contribution in [2.75, 3.05) is 20.7 Å². The Morgan fingerprint density at radius 3 is 2.60 bits per heavy atom. The van der Waals surface area contributed by atoms with E-state index >= 15 is 0 Å². The van der Waals surface area contributed by atoms with Crippen LogP contribution in [0.3, 0.4) is 0 Å². The Balaban J connectivity index is 1.86. The van der Waals surface area contributed by atoms with Gasteiger partial charge in [-0.3, -0.25) is 9.59 Å². The van der Waals surface area contributed by atoms with Crippen molar-refractivity contribution < 1.29 is 14.3 Å². The number of likely N-dealkylation sites (tertiary alicyclic amines) is 1. The molecule has 0 spiro atoms. The van der Waals surface area contributed by atoms with Crippen LogP contribution in [-0.4, -0.2) is 48.1 Å². The molecule has 1 aromatic carbocycles. The number of carbonyl (C=O) groups excluding carboxylic acids is 2. The van der Waals surface area contributed by atoms with Crippen LogP contribution < -0.4 is 4.74 Å². The molecule has 2 amide bonds. The topological polar surface area (TPSA) is 62.2 Å². The Labute approximate surface area is 148 Å². The van der Waals surface area contributed by atoms with Gasteiger partial charge in [0.2, 0.25) is 5.91 Å². The highest BCUT2D eigenvalue weighted by Gasteiger charge is 2.31. The van der Waals surface area contributed by atoms with Gasteiger partial charge in [-0.15, -0.1) is 0 Å². The average Bonchev–Trinajstić information content (AvgIpc) is 2.89. The van der Waals surface area contributed by atoms with Gasteiger partial charge in [-0.2, -0.15) is 5.10 Å². The molecule has 25 heavy (non-hydrogen) atoms. The molecule has 2 aliphatic heterocycles. The molecule has 6 heteroatoms. The van der Waals surface area contributed by atoms with Crippen molar-refractivity contribution in [2.45, 2.75) is 44.6 Å². The summed E-state index contributed by atoms with van der Waals surface area (Å²) in [7, 11) is 3.26. The molecule has 1 fully saturated rings. The van der Waals surface area contributed by atoms with Gasteiger partial charge < -0.3 is 9.64 Å². The van der Waals surface area contributed by atoms with Crippen LogP contribution >= 0.6 is 0 Å². The highest BCUT2D eigenvalue weighted by atomic mass is 16.5. The molecule has 1 saturated heterocycles. The summed E-state index contributed by atoms with van der Waals surface area (Å²) in [5, 5.41) is 5.50. The fourth-order valence-corrected chi connectivity index (χ4v) is 3.51. The molecule has 2 heterocycles. The first-order valence-corrected chi connectivity index (χ1v) is 8.89. The lowest BCUT2D eigenvalue weighted by Gasteiger charge is -2.32. The molecular weight excluding hydrogens is 318 g/mol. The molecule has 0 saturated carbocycles. The van der Waals surface area contributed by atoms with Gasteiger partial charge in [0.25, 0.3) is 5.91 Å². The molecule has 1 atom stereocenters. The van der Waals surface area contributed by atoms with E-state index in [0.29, 0.717) is 18.6 Å². The first-order chi connectivity index (χ1) is 12.1. The van der Waals surface area contributed by atoms with E-state index in [-0.39, 0.29) is 17.9 Å². The molecule has 0 N–H and O–H groups in total. The zero-order valence-corrected chi connectivity index (χ0v) is 14.9. The summed E-state index contributed by atoms with van der Waals surface area (Å²) in [6.07, 6.45) is 4.95. The van der Waals surface area contributed by atoms with Gasteiger partial charge >= 0.3 is 0 Å². The normalized spacial score (nSPS) is 21.6. The van der Waals surface area contributed by atoms with Crippen LogP contribution in [0.25, 0.3) is 0 Å². The molecule has 3 rings (SSSR count). The number of hydrogen-bond acceptors (Lipinski definition) is 4. The summed E-state index contributed by atoms with van der Waals surface area (Å²) in [6, 6.07) is 7.99. The lowest BCUT2D eigenvalue weighted by atomic mass is 9.99. The summed E-state index contributed by atoms with van der Waals surface area (Å²) in [5.41, 5.74) is 1.61. The summed E-state index contributed by atoms with van der Waals surface area (Å²) in [6.45, 7) is 0.728. The zero-order chi connectivity index (χ0) is 17.8. The number of rotatable bonds is 3. The molecule has 0 aliphatic carbocycles. The maximum atomic E-state index is 13.1. The van der Waals surface area contributed by atoms with E-state index < -0.39 is 0 Å². The fraction of sp³-hybridized carbons (Fsp3) is 0.526. The van der Waals surface area contributed by atoms with Gasteiger partial charge in [0.05, 0.1) is 13.2 Å². The minimum absolute atomic E-state index is 0.0398. The van der Waals surface area contributed by atoms with Gasteiger partial charge in [0, 0.05) is 26.4 Å². The maximum Gasteiger partial charge on any atom is 0.270 e. The van der Waals surface area contributed by atoms with Crippen molar-refractivity contribution in [2.24, 2.45) is 5.10 Å². The highest BCUT2D eigenvalue weighted by molar-refractivity contribution is 6.39. The minimum atomic E-state index is -0.0425. The second-order valence-corrected chi connectivity index (χ2v) is 6.60. The SMILES string of the molecule is COc1ccc(C2CCCCCN2C(=O)C2=NN(C)C(=O)CC2)cc1. The quantitative estimate of drug-likeness (QED) is 0.848. The largest absolute Gasteiger partial charge is 0.497 e. The number of amides is 2. The van der Waals surface area contributed by atoms with Crippen molar-refractivity contribution in [1.29, 1.82) is 0 Å². The van der Waals surface area contributed by atoms with Crippen LogP contribution in [0.1, 0.15) is 50.1 Å². The first-order valence-electron chi connectivity index (χ1n) is 8.89. The summed E-state index contributed by atoms with van der Waals surface area (Å²) < 4.78 is 5.24. The molecule has 0 radical (unpaired) electrons. The van der Waals surface area contributed by atoms with E-state index in [1.807, 2.05) is 29.2 Å². The standard InChI is InChI=1S/C19H25N3O3/c1-21-18(23)12-11-16(20-21)19(24)22-13-5-3-4-6-17(22)14-7-9-15(25-2)10-8-14/h7-10,17H,3-6,11-13H2,1-2H3. The summed E-state index contributed by atoms with van der Waals surface area (Å²) in [5.74, 6) is 0.730. The Morgan fingerprint density at radius 2 is 1.92 bits per heavy atom. The number of carbonyl (C=O) groups is 2. The molecule has 1 aromatic rings. The van der Waals surface area contributed by atoms with Crippen molar-refractivity contribution in [1.82, 2.24) is 9.91 Å². The Hall–Kier alpha value is -2.37. The van der Waals surface area contributed by atoms with Crippen LogP contribution in [-0.2, 0) is 9.59 Å². The highest BCUT2D eigenvalue weighted by Crippen LogP contribution is 2.32. The predicted molar refractivity (Wildman–Crippen MR) is 95.4 cm³/mol. The van der Waals surface area contributed by atoms with E-state index in [1.54, 1.807) is 14.2 Å². The van der Waals surface area contributed by atoms with Crippen LogP contribution in [0, 0.1) is 0 Å². The average molecular weight is 343 g/mol. The number of ether oxygens (including phenoxy) is 1. The van der Waals surface area contributed by atoms with Gasteiger partial charge in [0.1, 0.15) is 11.5 Å². The smallest absolute Gasteiger partial charge is 0.270 e. The zero-order valence-electron chi connectivity index (χ0n) is 14.9. The van der Waals surface area contributed by atoms with E-state index in [9.17, 15) is 9.59 Å². The Bertz CT molecular complexity index is 669. The predicted octanol–water partition coefficient (Wildman–Crippen LogP) is 2.75. The van der Waals surface area contributed by atoms with Crippen LogP contribution in [0.2, 0.25) is 0 Å². The van der Waals surface area contributed by atoms with Gasteiger partial charge in [-0.25, -0.2) is 5.01 Å². The van der Waals surface area contributed by atoms with Crippen molar-refractivity contribution in [3.63, 3.8) is 0 Å². The van der Waals surface area contributed by atoms with Crippen LogP contribution in [0.4, 0.5) is 0 Å². The third-order valence-electron chi connectivity index (χ3n) is 4.97. The molecule has 134 valence electrons. The summed E-state index contributed by atoms with van der Waals surface area (Å²) >= 11 is 0. The van der Waals surface area contributed by atoms with E-state index in [1.165, 1.54) is 5.01 Å². The van der Waals surface area contributed by atoms with Crippen molar-refractivity contribution >= 4 is 17.5 Å². The van der Waals surface area contributed by atoms with E-state index in [2.05, 4.69) is 5.10 Å². The minimum Gasteiger partial charge on any atom is -0.497 e. The first kappa shape index (κ1) is 17.5. The number of hydrazone groups is 1. The molecule has 2 aliphatic rings. The third kappa shape index (κ3) is 3.83. The Kier molecular flexibility index (Phi) is 5.36. The lowest BCUT2D eigenvalue weighted by Crippen LogP contribution is -2.42. The summed E-state index contributed by atoms with van der Waals surface area (Å²) in [4.78, 5) is 26.7. The molecular formula is C19H25N3O3. The van der Waals surface area contributed by atoms with Gasteiger partial charge in [-0.05, 0) is 30.5 Å². The number of hydrogen-bond donors (Lipinski definition) is 0. The van der Waals surface area contributed by atoms with Crippen LogP contribution in [0.5, 0.6) is 5.75 Å². The molecule has 0 aromatic heterocycles. The second kappa shape index (κ2) is 7.68. The molecule has 0 bridgehead atoms.